The molecule has 0 aromatic heterocycles. The summed E-state index contributed by atoms with van der Waals surface area (Å²) in [5.74, 6) is 1.89. The van der Waals surface area contributed by atoms with Crippen LogP contribution in [0, 0.1) is 5.92 Å². The number of benzene rings is 1. The molecule has 0 saturated carbocycles. The number of aliphatic imine (C=N–C) groups is 1. The maximum Gasteiger partial charge on any atom is 0.222 e. The zero-order valence-corrected chi connectivity index (χ0v) is 20.9. The standard InChI is InChI=1S/C23H38N4O.HI/c1-5-24-23(26-19(4)11-8-10-18(2)3)25-16-20-12-6-7-13-21(20)17-27-15-9-14-22(27)28;/h6-7,12-13,18-19H,5,8-11,14-17H2,1-4H3,(H2,24,25,26);1H. The van der Waals surface area contributed by atoms with Crippen LogP contribution in [-0.4, -0.2) is 35.9 Å². The van der Waals surface area contributed by atoms with Crippen molar-refractivity contribution in [3.63, 3.8) is 0 Å². The normalized spacial score (nSPS) is 15.4. The monoisotopic (exact) mass is 514 g/mol. The van der Waals surface area contributed by atoms with Crippen LogP contribution in [0.4, 0.5) is 0 Å². The van der Waals surface area contributed by atoms with Crippen molar-refractivity contribution >= 4 is 35.8 Å². The number of likely N-dealkylation sites (tertiary alicyclic amines) is 1. The average Bonchev–Trinajstić information content (AvgIpc) is 3.05. The first-order valence-corrected chi connectivity index (χ1v) is 10.9. The van der Waals surface area contributed by atoms with Crippen molar-refractivity contribution in [1.82, 2.24) is 15.5 Å². The average molecular weight is 514 g/mol. The molecule has 6 heteroatoms. The highest BCUT2D eigenvalue weighted by atomic mass is 127. The third-order valence-corrected chi connectivity index (χ3v) is 5.20. The summed E-state index contributed by atoms with van der Waals surface area (Å²) in [7, 11) is 0. The van der Waals surface area contributed by atoms with E-state index in [1.54, 1.807) is 0 Å². The minimum atomic E-state index is 0. The number of halogens is 1. The fourth-order valence-electron chi connectivity index (χ4n) is 3.56. The van der Waals surface area contributed by atoms with Gasteiger partial charge < -0.3 is 15.5 Å². The van der Waals surface area contributed by atoms with Crippen molar-refractivity contribution in [2.45, 2.75) is 78.9 Å². The summed E-state index contributed by atoms with van der Waals surface area (Å²) in [6, 6.07) is 8.73. The Morgan fingerprint density at radius 3 is 2.52 bits per heavy atom. The lowest BCUT2D eigenvalue weighted by Crippen LogP contribution is -2.42. The number of nitrogens with zero attached hydrogens (tertiary/aromatic N) is 2. The van der Waals surface area contributed by atoms with Crippen LogP contribution in [0.5, 0.6) is 0 Å². The molecule has 5 nitrogen and oxygen atoms in total. The number of carbonyl (C=O) groups is 1. The van der Waals surface area contributed by atoms with Crippen molar-refractivity contribution in [2.24, 2.45) is 10.9 Å². The zero-order chi connectivity index (χ0) is 20.4. The molecule has 2 N–H and O–H groups in total. The molecule has 0 aliphatic carbocycles. The molecule has 164 valence electrons. The van der Waals surface area contributed by atoms with Gasteiger partial charge in [0.25, 0.3) is 0 Å². The molecule has 1 aliphatic heterocycles. The summed E-state index contributed by atoms with van der Waals surface area (Å²) in [4.78, 5) is 18.7. The molecule has 0 bridgehead atoms. The lowest BCUT2D eigenvalue weighted by molar-refractivity contribution is -0.128. The lowest BCUT2D eigenvalue weighted by Gasteiger charge is -2.19. The second-order valence-electron chi connectivity index (χ2n) is 8.25. The van der Waals surface area contributed by atoms with Crippen molar-refractivity contribution < 1.29 is 4.79 Å². The van der Waals surface area contributed by atoms with E-state index in [0.29, 0.717) is 25.6 Å². The molecule has 29 heavy (non-hydrogen) atoms. The van der Waals surface area contributed by atoms with E-state index in [1.807, 2.05) is 11.0 Å². The van der Waals surface area contributed by atoms with E-state index in [0.717, 1.165) is 37.8 Å². The summed E-state index contributed by atoms with van der Waals surface area (Å²) < 4.78 is 0. The molecular formula is C23H39IN4O. The Hall–Kier alpha value is -1.31. The SMILES string of the molecule is CCNC(=NCc1ccccc1CN1CCCC1=O)NC(C)CCCC(C)C.I. The van der Waals surface area contributed by atoms with Gasteiger partial charge in [-0.3, -0.25) is 4.79 Å². The van der Waals surface area contributed by atoms with Crippen LogP contribution in [-0.2, 0) is 17.9 Å². The molecule has 0 spiro atoms. The van der Waals surface area contributed by atoms with Crippen LogP contribution in [0.1, 0.15) is 70.9 Å². The second-order valence-corrected chi connectivity index (χ2v) is 8.25. The number of rotatable bonds is 10. The minimum absolute atomic E-state index is 0. The van der Waals surface area contributed by atoms with Crippen molar-refractivity contribution in [1.29, 1.82) is 0 Å². The Morgan fingerprint density at radius 2 is 1.90 bits per heavy atom. The van der Waals surface area contributed by atoms with Crippen LogP contribution < -0.4 is 10.6 Å². The molecular weight excluding hydrogens is 475 g/mol. The molecule has 1 heterocycles. The predicted octanol–water partition coefficient (Wildman–Crippen LogP) is 4.70. The summed E-state index contributed by atoms with van der Waals surface area (Å²) in [6.07, 6.45) is 5.31. The Labute approximate surface area is 194 Å². The largest absolute Gasteiger partial charge is 0.357 e. The fourth-order valence-corrected chi connectivity index (χ4v) is 3.56. The van der Waals surface area contributed by atoms with Gasteiger partial charge in [0.15, 0.2) is 5.96 Å². The van der Waals surface area contributed by atoms with Crippen LogP contribution in [0.3, 0.4) is 0 Å². The van der Waals surface area contributed by atoms with E-state index in [1.165, 1.54) is 24.0 Å². The number of hydrogen-bond donors (Lipinski definition) is 2. The summed E-state index contributed by atoms with van der Waals surface area (Å²) in [5.41, 5.74) is 2.38. The van der Waals surface area contributed by atoms with Crippen LogP contribution >= 0.6 is 24.0 Å². The van der Waals surface area contributed by atoms with Crippen LogP contribution in [0.15, 0.2) is 29.3 Å². The Morgan fingerprint density at radius 1 is 1.17 bits per heavy atom. The Bertz CT molecular complexity index is 648. The number of guanidine groups is 1. The highest BCUT2D eigenvalue weighted by molar-refractivity contribution is 14.0. The van der Waals surface area contributed by atoms with Gasteiger partial charge in [-0.1, -0.05) is 51.0 Å². The lowest BCUT2D eigenvalue weighted by atomic mass is 10.0. The fraction of sp³-hybridized carbons (Fsp3) is 0.652. The molecule has 0 radical (unpaired) electrons. The second kappa shape index (κ2) is 13.8. The smallest absolute Gasteiger partial charge is 0.222 e. The molecule has 2 rings (SSSR count). The summed E-state index contributed by atoms with van der Waals surface area (Å²) in [6.45, 7) is 11.9. The molecule has 1 aliphatic rings. The van der Waals surface area contributed by atoms with Gasteiger partial charge in [-0.05, 0) is 43.7 Å². The van der Waals surface area contributed by atoms with Gasteiger partial charge >= 0.3 is 0 Å². The molecule has 1 aromatic rings. The van der Waals surface area contributed by atoms with Gasteiger partial charge in [0.05, 0.1) is 6.54 Å². The number of carbonyl (C=O) groups excluding carboxylic acids is 1. The first-order chi connectivity index (χ1) is 13.5. The first-order valence-electron chi connectivity index (χ1n) is 10.9. The summed E-state index contributed by atoms with van der Waals surface area (Å²) >= 11 is 0. The van der Waals surface area contributed by atoms with Crippen molar-refractivity contribution in [2.75, 3.05) is 13.1 Å². The van der Waals surface area contributed by atoms with Gasteiger partial charge in [-0.2, -0.15) is 0 Å². The number of hydrogen-bond acceptors (Lipinski definition) is 2. The Kier molecular flexibility index (Phi) is 12.3. The molecule has 1 unspecified atom stereocenters. The van der Waals surface area contributed by atoms with E-state index >= 15 is 0 Å². The predicted molar refractivity (Wildman–Crippen MR) is 133 cm³/mol. The van der Waals surface area contributed by atoms with E-state index in [2.05, 4.69) is 56.5 Å². The van der Waals surface area contributed by atoms with E-state index in [4.69, 9.17) is 4.99 Å². The van der Waals surface area contributed by atoms with Crippen LogP contribution in [0.25, 0.3) is 0 Å². The topological polar surface area (TPSA) is 56.7 Å². The summed E-state index contributed by atoms with van der Waals surface area (Å²) in [5, 5.41) is 6.89. The number of nitrogens with one attached hydrogen (secondary N) is 2. The van der Waals surface area contributed by atoms with E-state index in [9.17, 15) is 4.79 Å². The van der Waals surface area contributed by atoms with Crippen LogP contribution in [0.2, 0.25) is 0 Å². The third kappa shape index (κ3) is 9.36. The maximum absolute atomic E-state index is 12.0. The van der Waals surface area contributed by atoms with Gasteiger partial charge in [0.2, 0.25) is 5.91 Å². The number of amides is 1. The molecule has 1 aromatic carbocycles. The molecule has 1 saturated heterocycles. The maximum atomic E-state index is 12.0. The first kappa shape index (κ1) is 25.7. The highest BCUT2D eigenvalue weighted by Crippen LogP contribution is 2.18. The quantitative estimate of drug-likeness (QED) is 0.271. The van der Waals surface area contributed by atoms with Gasteiger partial charge in [-0.15, -0.1) is 24.0 Å². The zero-order valence-electron chi connectivity index (χ0n) is 18.5. The minimum Gasteiger partial charge on any atom is -0.357 e. The van der Waals surface area contributed by atoms with E-state index in [-0.39, 0.29) is 29.9 Å². The van der Waals surface area contributed by atoms with E-state index < -0.39 is 0 Å². The molecule has 1 atom stereocenters. The Balaban J connectivity index is 0.00000420. The van der Waals surface area contributed by atoms with Gasteiger partial charge in [-0.25, -0.2) is 4.99 Å². The van der Waals surface area contributed by atoms with Gasteiger partial charge in [0, 0.05) is 32.1 Å². The molecule has 1 fully saturated rings. The third-order valence-electron chi connectivity index (χ3n) is 5.20. The van der Waals surface area contributed by atoms with Crippen molar-refractivity contribution in [3.8, 4) is 0 Å². The van der Waals surface area contributed by atoms with Gasteiger partial charge in [0.1, 0.15) is 0 Å². The highest BCUT2D eigenvalue weighted by Gasteiger charge is 2.20. The molecule has 1 amide bonds. The van der Waals surface area contributed by atoms with Crippen molar-refractivity contribution in [3.05, 3.63) is 35.4 Å².